The van der Waals surface area contributed by atoms with Gasteiger partial charge in [0.15, 0.2) is 0 Å². The van der Waals surface area contributed by atoms with Crippen molar-refractivity contribution in [3.8, 4) is 22.9 Å². The number of morpholine rings is 1. The van der Waals surface area contributed by atoms with Crippen molar-refractivity contribution in [2.45, 2.75) is 25.9 Å². The predicted molar refractivity (Wildman–Crippen MR) is 145 cm³/mol. The molecule has 0 N–H and O–H groups in total. The van der Waals surface area contributed by atoms with Gasteiger partial charge in [-0.15, -0.1) is 0 Å². The Morgan fingerprint density at radius 2 is 1.67 bits per heavy atom. The Morgan fingerprint density at radius 3 is 2.36 bits per heavy atom. The van der Waals surface area contributed by atoms with E-state index in [0.29, 0.717) is 50.4 Å². The van der Waals surface area contributed by atoms with Gasteiger partial charge in [0, 0.05) is 24.9 Å². The van der Waals surface area contributed by atoms with Crippen LogP contribution in [0.15, 0.2) is 60.7 Å². The second kappa shape index (κ2) is 11.5. The maximum Gasteiger partial charge on any atom is 0.416 e. The lowest BCUT2D eigenvalue weighted by molar-refractivity contribution is -0.137. The zero-order chi connectivity index (χ0) is 27.4. The fraction of sp³-hybridized carbons (Fsp3) is 0.333. The number of alkyl halides is 3. The molecule has 0 unspecified atom stereocenters. The van der Waals surface area contributed by atoms with Crippen LogP contribution < -0.4 is 14.4 Å². The minimum Gasteiger partial charge on any atom is -0.496 e. The first-order valence-electron chi connectivity index (χ1n) is 13.0. The van der Waals surface area contributed by atoms with Crippen molar-refractivity contribution in [2.75, 3.05) is 44.9 Å². The Kier molecular flexibility index (Phi) is 7.88. The molecule has 1 aliphatic rings. The zero-order valence-corrected chi connectivity index (χ0v) is 21.9. The lowest BCUT2D eigenvalue weighted by Gasteiger charge is -2.29. The Labute approximate surface area is 225 Å². The number of ether oxygens (including phenoxy) is 3. The van der Waals surface area contributed by atoms with E-state index in [4.69, 9.17) is 19.2 Å². The van der Waals surface area contributed by atoms with E-state index in [9.17, 15) is 13.2 Å². The van der Waals surface area contributed by atoms with Crippen LogP contribution >= 0.6 is 0 Å². The summed E-state index contributed by atoms with van der Waals surface area (Å²) in [5.41, 5.74) is 3.75. The number of aryl methyl sites for hydroxylation is 1. The third kappa shape index (κ3) is 6.09. The summed E-state index contributed by atoms with van der Waals surface area (Å²) in [6, 6.07) is 17.3. The van der Waals surface area contributed by atoms with Crippen molar-refractivity contribution in [3.63, 3.8) is 0 Å². The molecule has 0 radical (unpaired) electrons. The second-order valence-electron chi connectivity index (χ2n) is 9.33. The Balaban J connectivity index is 1.42. The molecule has 204 valence electrons. The number of aromatic nitrogens is 2. The van der Waals surface area contributed by atoms with E-state index in [1.165, 1.54) is 12.1 Å². The van der Waals surface area contributed by atoms with Crippen molar-refractivity contribution < 1.29 is 27.4 Å². The maximum atomic E-state index is 13.0. The van der Waals surface area contributed by atoms with Crippen LogP contribution in [0, 0.1) is 0 Å². The average Bonchev–Trinajstić information content (AvgIpc) is 2.96. The molecule has 1 aromatic heterocycles. The summed E-state index contributed by atoms with van der Waals surface area (Å²) in [4.78, 5) is 11.5. The molecular weight excluding hydrogens is 507 g/mol. The van der Waals surface area contributed by atoms with Gasteiger partial charge in [0.25, 0.3) is 0 Å². The summed E-state index contributed by atoms with van der Waals surface area (Å²) in [7, 11) is 1.67. The Hall–Kier alpha value is -3.85. The molecule has 39 heavy (non-hydrogen) atoms. The average molecular weight is 538 g/mol. The van der Waals surface area contributed by atoms with Crippen LogP contribution in [0.2, 0.25) is 0 Å². The van der Waals surface area contributed by atoms with Gasteiger partial charge in [0.2, 0.25) is 0 Å². The molecule has 0 spiro atoms. The van der Waals surface area contributed by atoms with Gasteiger partial charge in [-0.2, -0.15) is 23.1 Å². The fourth-order valence-corrected chi connectivity index (χ4v) is 4.70. The normalized spacial score (nSPS) is 14.0. The quantitative estimate of drug-likeness (QED) is 0.261. The van der Waals surface area contributed by atoms with E-state index < -0.39 is 11.7 Å². The van der Waals surface area contributed by atoms with Crippen LogP contribution in [0.4, 0.5) is 19.0 Å². The number of fused-ring (bicyclic) bond motifs is 1. The van der Waals surface area contributed by atoms with Crippen molar-refractivity contribution in [2.24, 2.45) is 0 Å². The van der Waals surface area contributed by atoms with Gasteiger partial charge < -0.3 is 19.1 Å². The number of hydrogen-bond acceptors (Lipinski definition) is 6. The summed E-state index contributed by atoms with van der Waals surface area (Å²) in [5.74, 6) is 1.59. The van der Waals surface area contributed by atoms with Gasteiger partial charge >= 0.3 is 12.2 Å². The summed E-state index contributed by atoms with van der Waals surface area (Å²) in [6.07, 6.45) is -2.81. The van der Waals surface area contributed by atoms with Crippen LogP contribution in [-0.2, 0) is 23.8 Å². The first kappa shape index (κ1) is 26.7. The Bertz CT molecular complexity index is 1440. The highest BCUT2D eigenvalue weighted by Crippen LogP contribution is 2.34. The SMILES string of the molecule is CCc1ccc(CCOc2nc(N3CCOCC3)c3cc(-c4ccc(C(F)(F)F)cc4)ccc3n2)cc1OC. The molecule has 2 heterocycles. The number of methoxy groups -OCH3 is 1. The highest BCUT2D eigenvalue weighted by atomic mass is 19.4. The number of rotatable bonds is 8. The number of halogens is 3. The van der Waals surface area contributed by atoms with Crippen molar-refractivity contribution in [1.29, 1.82) is 0 Å². The lowest BCUT2D eigenvalue weighted by atomic mass is 10.0. The molecule has 9 heteroatoms. The largest absolute Gasteiger partial charge is 0.496 e. The van der Waals surface area contributed by atoms with Gasteiger partial charge in [-0.1, -0.05) is 37.3 Å². The third-order valence-electron chi connectivity index (χ3n) is 6.87. The molecular formula is C30H30F3N3O3. The highest BCUT2D eigenvalue weighted by Gasteiger charge is 2.30. The van der Waals surface area contributed by atoms with E-state index in [1.54, 1.807) is 7.11 Å². The first-order chi connectivity index (χ1) is 18.9. The molecule has 0 aliphatic carbocycles. The van der Waals surface area contributed by atoms with Crippen molar-refractivity contribution in [3.05, 3.63) is 77.4 Å². The predicted octanol–water partition coefficient (Wildman–Crippen LogP) is 6.34. The molecule has 0 bridgehead atoms. The fourth-order valence-electron chi connectivity index (χ4n) is 4.70. The smallest absolute Gasteiger partial charge is 0.416 e. The summed E-state index contributed by atoms with van der Waals surface area (Å²) < 4.78 is 56.1. The molecule has 0 amide bonds. The van der Waals surface area contributed by atoms with Gasteiger partial charge in [-0.3, -0.25) is 0 Å². The minimum absolute atomic E-state index is 0.281. The van der Waals surface area contributed by atoms with Gasteiger partial charge in [0.05, 0.1) is 38.0 Å². The third-order valence-corrected chi connectivity index (χ3v) is 6.87. The van der Waals surface area contributed by atoms with E-state index >= 15 is 0 Å². The number of benzene rings is 3. The topological polar surface area (TPSA) is 56.7 Å². The van der Waals surface area contributed by atoms with Crippen LogP contribution in [0.3, 0.4) is 0 Å². The molecule has 1 saturated heterocycles. The summed E-state index contributed by atoms with van der Waals surface area (Å²) >= 11 is 0. The van der Waals surface area contributed by atoms with Crippen LogP contribution in [0.25, 0.3) is 22.0 Å². The molecule has 1 fully saturated rings. The highest BCUT2D eigenvalue weighted by molar-refractivity contribution is 5.93. The van der Waals surface area contributed by atoms with Gasteiger partial charge in [-0.05, 0) is 59.0 Å². The number of anilines is 1. The van der Waals surface area contributed by atoms with Gasteiger partial charge in [-0.25, -0.2) is 0 Å². The molecule has 6 nitrogen and oxygen atoms in total. The van der Waals surface area contributed by atoms with E-state index in [2.05, 4.69) is 28.9 Å². The molecule has 1 aliphatic heterocycles. The second-order valence-corrected chi connectivity index (χ2v) is 9.33. The van der Waals surface area contributed by atoms with Crippen molar-refractivity contribution >= 4 is 16.7 Å². The molecule has 0 saturated carbocycles. The number of hydrogen-bond donors (Lipinski definition) is 0. The maximum absolute atomic E-state index is 13.0. The van der Waals surface area contributed by atoms with Crippen molar-refractivity contribution in [1.82, 2.24) is 9.97 Å². The summed E-state index contributed by atoms with van der Waals surface area (Å²) in [6.45, 7) is 4.98. The van der Waals surface area contributed by atoms with E-state index in [0.717, 1.165) is 52.2 Å². The van der Waals surface area contributed by atoms with E-state index in [1.807, 2.05) is 24.3 Å². The zero-order valence-electron chi connectivity index (χ0n) is 21.9. The number of nitrogens with zero attached hydrogens (tertiary/aromatic N) is 3. The first-order valence-corrected chi connectivity index (χ1v) is 13.0. The molecule has 4 aromatic rings. The van der Waals surface area contributed by atoms with Gasteiger partial charge in [0.1, 0.15) is 11.6 Å². The monoisotopic (exact) mass is 537 g/mol. The molecule has 5 rings (SSSR count). The standard InChI is InChI=1S/C30H30F3N3O3/c1-3-21-5-4-20(18-27(21)37-2)12-15-39-29-34-26-11-8-23(22-6-9-24(10-7-22)30(31,32)33)19-25(26)28(35-29)36-13-16-38-17-14-36/h4-11,18-19H,3,12-17H2,1-2H3. The Morgan fingerprint density at radius 1 is 0.923 bits per heavy atom. The molecule has 3 aromatic carbocycles. The lowest BCUT2D eigenvalue weighted by Crippen LogP contribution is -2.37. The van der Waals surface area contributed by atoms with Crippen LogP contribution in [-0.4, -0.2) is 50.0 Å². The van der Waals surface area contributed by atoms with E-state index in [-0.39, 0.29) is 6.01 Å². The molecule has 0 atom stereocenters. The van der Waals surface area contributed by atoms with Crippen LogP contribution in [0.5, 0.6) is 11.8 Å². The summed E-state index contributed by atoms with van der Waals surface area (Å²) in [5, 5.41) is 0.807. The van der Waals surface area contributed by atoms with Crippen LogP contribution in [0.1, 0.15) is 23.6 Å². The minimum atomic E-state index is -4.37.